The van der Waals surface area contributed by atoms with Gasteiger partial charge in [-0.05, 0) is 44.9 Å². The van der Waals surface area contributed by atoms with Gasteiger partial charge in [-0.2, -0.15) is 0 Å². The van der Waals surface area contributed by atoms with Gasteiger partial charge in [-0.25, -0.2) is 0 Å². The van der Waals surface area contributed by atoms with Crippen molar-refractivity contribution in [1.82, 2.24) is 5.32 Å². The lowest BCUT2D eigenvalue weighted by atomic mass is 10.1. The predicted molar refractivity (Wildman–Crippen MR) is 74.5 cm³/mol. The molecule has 3 nitrogen and oxygen atoms in total. The van der Waals surface area contributed by atoms with Crippen LogP contribution in [0.1, 0.15) is 26.3 Å². The predicted octanol–water partition coefficient (Wildman–Crippen LogP) is 2.59. The molecule has 0 spiro atoms. The topological polar surface area (TPSA) is 50.4 Å². The summed E-state index contributed by atoms with van der Waals surface area (Å²) in [5.74, 6) is 0.492. The van der Waals surface area contributed by atoms with Gasteiger partial charge in [-0.3, -0.25) is 4.99 Å². The second kappa shape index (κ2) is 5.92. The van der Waals surface area contributed by atoms with E-state index >= 15 is 0 Å². The number of hydrogen-bond donors (Lipinski definition) is 2. The fourth-order valence-electron chi connectivity index (χ4n) is 1.38. The molecule has 0 bridgehead atoms. The molecule has 0 radical (unpaired) electrons. The zero-order valence-electron chi connectivity index (χ0n) is 10.6. The van der Waals surface area contributed by atoms with Crippen LogP contribution in [0.4, 0.5) is 0 Å². The summed E-state index contributed by atoms with van der Waals surface area (Å²) in [6, 6.07) is 7.78. The molecule has 0 atom stereocenters. The Hall–Kier alpha value is -1.22. The molecule has 0 aliphatic carbocycles. The minimum Gasteiger partial charge on any atom is -0.370 e. The molecule has 1 aromatic rings. The maximum Gasteiger partial charge on any atom is 0.188 e. The van der Waals surface area contributed by atoms with E-state index < -0.39 is 0 Å². The van der Waals surface area contributed by atoms with E-state index in [0.717, 1.165) is 11.4 Å². The fourth-order valence-corrected chi connectivity index (χ4v) is 1.51. The molecule has 0 heterocycles. The highest BCUT2D eigenvalue weighted by atomic mass is 35.5. The van der Waals surface area contributed by atoms with Gasteiger partial charge in [0.25, 0.3) is 0 Å². The second-order valence-electron chi connectivity index (χ2n) is 5.02. The largest absolute Gasteiger partial charge is 0.370 e. The molecule has 0 fully saturated rings. The lowest BCUT2D eigenvalue weighted by Crippen LogP contribution is -2.45. The smallest absolute Gasteiger partial charge is 0.188 e. The van der Waals surface area contributed by atoms with E-state index in [4.69, 9.17) is 17.3 Å². The number of hydrogen-bond acceptors (Lipinski definition) is 1. The van der Waals surface area contributed by atoms with Crippen molar-refractivity contribution in [2.45, 2.75) is 32.7 Å². The number of rotatable bonds is 3. The lowest BCUT2D eigenvalue weighted by Gasteiger charge is -2.20. The SMILES string of the molecule is CC(C)(C)NC(N)=NCCc1ccc(Cl)cc1. The minimum atomic E-state index is -0.0478. The fraction of sp³-hybridized carbons (Fsp3) is 0.462. The van der Waals surface area contributed by atoms with Crippen LogP contribution in [0.3, 0.4) is 0 Å². The maximum atomic E-state index is 5.81. The van der Waals surface area contributed by atoms with Crippen LogP contribution in [0, 0.1) is 0 Å². The summed E-state index contributed by atoms with van der Waals surface area (Å²) in [4.78, 5) is 4.28. The molecule has 1 rings (SSSR count). The van der Waals surface area contributed by atoms with Gasteiger partial charge in [0.15, 0.2) is 5.96 Å². The molecule has 0 aromatic heterocycles. The van der Waals surface area contributed by atoms with Crippen molar-refractivity contribution >= 4 is 17.6 Å². The van der Waals surface area contributed by atoms with E-state index in [2.05, 4.69) is 31.1 Å². The molecule has 3 N–H and O–H groups in total. The third-order valence-corrected chi connectivity index (χ3v) is 2.35. The number of guanidine groups is 1. The van der Waals surface area contributed by atoms with E-state index in [9.17, 15) is 0 Å². The monoisotopic (exact) mass is 253 g/mol. The summed E-state index contributed by atoms with van der Waals surface area (Å²) in [7, 11) is 0. The summed E-state index contributed by atoms with van der Waals surface area (Å²) < 4.78 is 0. The maximum absolute atomic E-state index is 5.81. The molecule has 4 heteroatoms. The number of halogens is 1. The first-order valence-corrected chi connectivity index (χ1v) is 6.07. The zero-order chi connectivity index (χ0) is 12.9. The highest BCUT2D eigenvalue weighted by Gasteiger charge is 2.09. The van der Waals surface area contributed by atoms with Crippen LogP contribution >= 0.6 is 11.6 Å². The lowest BCUT2D eigenvalue weighted by molar-refractivity contribution is 0.508. The normalized spacial score (nSPS) is 12.6. The van der Waals surface area contributed by atoms with Crippen molar-refractivity contribution in [3.8, 4) is 0 Å². The number of nitrogens with one attached hydrogen (secondary N) is 1. The summed E-state index contributed by atoms with van der Waals surface area (Å²) in [5.41, 5.74) is 6.93. The molecule has 0 unspecified atom stereocenters. The van der Waals surface area contributed by atoms with E-state index in [1.807, 2.05) is 24.3 Å². The molecule has 1 aromatic carbocycles. The van der Waals surface area contributed by atoms with E-state index in [1.54, 1.807) is 0 Å². The number of benzene rings is 1. The first-order valence-electron chi connectivity index (χ1n) is 5.69. The minimum absolute atomic E-state index is 0.0478. The zero-order valence-corrected chi connectivity index (χ0v) is 11.4. The Labute approximate surface area is 108 Å². The van der Waals surface area contributed by atoms with Gasteiger partial charge in [-0.15, -0.1) is 0 Å². The Morgan fingerprint density at radius 2 is 1.88 bits per heavy atom. The van der Waals surface area contributed by atoms with Crippen LogP contribution in [0.15, 0.2) is 29.3 Å². The molecular formula is C13H20ClN3. The first kappa shape index (κ1) is 13.8. The Morgan fingerprint density at radius 3 is 2.41 bits per heavy atom. The molecule has 0 aliphatic rings. The Morgan fingerprint density at radius 1 is 1.29 bits per heavy atom. The Kier molecular flexibility index (Phi) is 4.82. The van der Waals surface area contributed by atoms with Gasteiger partial charge < -0.3 is 11.1 Å². The van der Waals surface area contributed by atoms with Gasteiger partial charge in [0.05, 0.1) is 0 Å². The van der Waals surface area contributed by atoms with Gasteiger partial charge in [-0.1, -0.05) is 23.7 Å². The van der Waals surface area contributed by atoms with Gasteiger partial charge in [0.1, 0.15) is 0 Å². The molecule has 0 saturated carbocycles. The number of nitrogens with two attached hydrogens (primary N) is 1. The summed E-state index contributed by atoms with van der Waals surface area (Å²) >= 11 is 5.81. The number of aliphatic imine (C=N–C) groups is 1. The average Bonchev–Trinajstić information content (AvgIpc) is 2.18. The van der Waals surface area contributed by atoms with Crippen molar-refractivity contribution in [2.75, 3.05) is 6.54 Å². The molecule has 0 amide bonds. The van der Waals surface area contributed by atoms with E-state index in [0.29, 0.717) is 12.5 Å². The Bertz CT molecular complexity index is 377. The third kappa shape index (κ3) is 6.17. The molecule has 0 aliphatic heterocycles. The van der Waals surface area contributed by atoms with Crippen molar-refractivity contribution in [2.24, 2.45) is 10.7 Å². The standard InChI is InChI=1S/C13H20ClN3/c1-13(2,3)17-12(15)16-9-8-10-4-6-11(14)7-5-10/h4-7H,8-9H2,1-3H3,(H3,15,16,17). The molecule has 0 saturated heterocycles. The van der Waals surface area contributed by atoms with Gasteiger partial charge in [0.2, 0.25) is 0 Å². The van der Waals surface area contributed by atoms with E-state index in [-0.39, 0.29) is 5.54 Å². The van der Waals surface area contributed by atoms with Crippen LogP contribution in [0.5, 0.6) is 0 Å². The van der Waals surface area contributed by atoms with Crippen molar-refractivity contribution in [3.05, 3.63) is 34.9 Å². The summed E-state index contributed by atoms with van der Waals surface area (Å²) in [6.07, 6.45) is 0.865. The van der Waals surface area contributed by atoms with Gasteiger partial charge >= 0.3 is 0 Å². The summed E-state index contributed by atoms with van der Waals surface area (Å²) in [6.45, 7) is 6.83. The highest BCUT2D eigenvalue weighted by Crippen LogP contribution is 2.09. The second-order valence-corrected chi connectivity index (χ2v) is 5.45. The molecule has 94 valence electrons. The quantitative estimate of drug-likeness (QED) is 0.643. The van der Waals surface area contributed by atoms with Crippen LogP contribution in [-0.4, -0.2) is 18.0 Å². The highest BCUT2D eigenvalue weighted by molar-refractivity contribution is 6.30. The van der Waals surface area contributed by atoms with Gasteiger partial charge in [0, 0.05) is 17.1 Å². The van der Waals surface area contributed by atoms with Crippen molar-refractivity contribution < 1.29 is 0 Å². The van der Waals surface area contributed by atoms with Crippen LogP contribution in [0.2, 0.25) is 5.02 Å². The van der Waals surface area contributed by atoms with Crippen LogP contribution in [0.25, 0.3) is 0 Å². The Balaban J connectivity index is 2.41. The summed E-state index contributed by atoms with van der Waals surface area (Å²) in [5, 5.41) is 3.88. The number of nitrogens with zero attached hydrogens (tertiary/aromatic N) is 1. The van der Waals surface area contributed by atoms with Crippen LogP contribution in [-0.2, 0) is 6.42 Å². The first-order chi connectivity index (χ1) is 7.87. The molecule has 17 heavy (non-hydrogen) atoms. The average molecular weight is 254 g/mol. The molecular weight excluding hydrogens is 234 g/mol. The van der Waals surface area contributed by atoms with Crippen molar-refractivity contribution in [1.29, 1.82) is 0 Å². The van der Waals surface area contributed by atoms with Crippen molar-refractivity contribution in [3.63, 3.8) is 0 Å². The third-order valence-electron chi connectivity index (χ3n) is 2.10. The van der Waals surface area contributed by atoms with Crippen LogP contribution < -0.4 is 11.1 Å². The van der Waals surface area contributed by atoms with E-state index in [1.165, 1.54) is 5.56 Å².